The van der Waals surface area contributed by atoms with Gasteiger partial charge in [0.05, 0.1) is 0 Å². The second kappa shape index (κ2) is 5.22. The molecule has 0 saturated heterocycles. The summed E-state index contributed by atoms with van der Waals surface area (Å²) in [6.45, 7) is 4.17. The molecule has 22 heavy (non-hydrogen) atoms. The monoisotopic (exact) mass is 304 g/mol. The van der Waals surface area contributed by atoms with Crippen LogP contribution in [0.2, 0.25) is 0 Å². The Morgan fingerprint density at radius 1 is 0.773 bits per heavy atom. The molecule has 0 fully saturated rings. The van der Waals surface area contributed by atoms with Crippen LogP contribution in [0.4, 0.5) is 0 Å². The maximum Gasteiger partial charge on any atom is 0.142 e. The topological polar surface area (TPSA) is 13.1 Å². The van der Waals surface area contributed by atoms with Crippen LogP contribution in [0.15, 0.2) is 74.9 Å². The van der Waals surface area contributed by atoms with E-state index in [4.69, 9.17) is 4.42 Å². The lowest BCUT2D eigenvalue weighted by atomic mass is 10.1. The van der Waals surface area contributed by atoms with E-state index in [-0.39, 0.29) is 0 Å². The first-order chi connectivity index (χ1) is 10.7. The molecule has 108 valence electrons. The Balaban J connectivity index is 2.01. The fraction of sp³-hybridized carbons (Fsp3) is 0.100. The van der Waals surface area contributed by atoms with Crippen LogP contribution in [0.25, 0.3) is 21.7 Å². The van der Waals surface area contributed by atoms with Crippen molar-refractivity contribution in [1.29, 1.82) is 0 Å². The van der Waals surface area contributed by atoms with Crippen LogP contribution >= 0.6 is 11.8 Å². The predicted octanol–water partition coefficient (Wildman–Crippen LogP) is 6.35. The second-order valence-corrected chi connectivity index (χ2v) is 6.61. The summed E-state index contributed by atoms with van der Waals surface area (Å²) >= 11 is 1.81. The molecule has 0 atom stereocenters. The van der Waals surface area contributed by atoms with Crippen LogP contribution in [-0.2, 0) is 0 Å². The van der Waals surface area contributed by atoms with E-state index in [0.717, 1.165) is 11.3 Å². The van der Waals surface area contributed by atoms with Crippen LogP contribution in [0.1, 0.15) is 11.3 Å². The first-order valence-corrected chi connectivity index (χ1v) is 8.20. The summed E-state index contributed by atoms with van der Waals surface area (Å²) < 4.78 is 6.01. The van der Waals surface area contributed by atoms with Crippen LogP contribution in [0.3, 0.4) is 0 Å². The van der Waals surface area contributed by atoms with Gasteiger partial charge < -0.3 is 4.42 Å². The summed E-state index contributed by atoms with van der Waals surface area (Å²) in [7, 11) is 0. The lowest BCUT2D eigenvalue weighted by Crippen LogP contribution is -1.81. The van der Waals surface area contributed by atoms with Gasteiger partial charge in [-0.25, -0.2) is 0 Å². The highest BCUT2D eigenvalue weighted by Gasteiger charge is 2.14. The van der Waals surface area contributed by atoms with Crippen LogP contribution in [0.5, 0.6) is 0 Å². The Bertz CT molecular complexity index is 967. The summed E-state index contributed by atoms with van der Waals surface area (Å²) in [6, 6.07) is 21.3. The zero-order chi connectivity index (χ0) is 15.1. The number of fused-ring (bicyclic) bond motifs is 3. The number of rotatable bonds is 2. The Morgan fingerprint density at radius 3 is 2.23 bits per heavy atom. The molecule has 0 saturated carbocycles. The van der Waals surface area contributed by atoms with Gasteiger partial charge in [0.2, 0.25) is 0 Å². The molecule has 0 aliphatic rings. The Labute approximate surface area is 133 Å². The number of hydrogen-bond acceptors (Lipinski definition) is 2. The molecule has 0 spiro atoms. The molecule has 0 unspecified atom stereocenters. The van der Waals surface area contributed by atoms with Gasteiger partial charge in [-0.3, -0.25) is 0 Å². The van der Waals surface area contributed by atoms with Gasteiger partial charge in [-0.15, -0.1) is 0 Å². The van der Waals surface area contributed by atoms with E-state index in [1.54, 1.807) is 0 Å². The lowest BCUT2D eigenvalue weighted by Gasteiger charge is -2.07. The molecule has 1 heterocycles. The summed E-state index contributed by atoms with van der Waals surface area (Å²) in [5.74, 6) is 1.00. The Morgan fingerprint density at radius 2 is 1.45 bits per heavy atom. The van der Waals surface area contributed by atoms with Crippen molar-refractivity contribution in [1.82, 2.24) is 0 Å². The average Bonchev–Trinajstić information content (AvgIpc) is 2.84. The van der Waals surface area contributed by atoms with E-state index < -0.39 is 0 Å². The highest BCUT2D eigenvalue weighted by Crippen LogP contribution is 2.40. The van der Waals surface area contributed by atoms with Crippen molar-refractivity contribution in [2.24, 2.45) is 0 Å². The van der Waals surface area contributed by atoms with Gasteiger partial charge in [-0.1, -0.05) is 54.2 Å². The predicted molar refractivity (Wildman–Crippen MR) is 93.8 cm³/mol. The van der Waals surface area contributed by atoms with Crippen LogP contribution in [0, 0.1) is 13.8 Å². The minimum absolute atomic E-state index is 1.00. The molecule has 1 aromatic heterocycles. The fourth-order valence-electron chi connectivity index (χ4n) is 2.82. The second-order valence-electron chi connectivity index (χ2n) is 5.50. The zero-order valence-corrected chi connectivity index (χ0v) is 13.4. The van der Waals surface area contributed by atoms with Crippen LogP contribution in [-0.4, -0.2) is 0 Å². The van der Waals surface area contributed by atoms with Crippen molar-refractivity contribution in [3.05, 3.63) is 72.0 Å². The van der Waals surface area contributed by atoms with Gasteiger partial charge in [0, 0.05) is 20.6 Å². The molecule has 2 heteroatoms. The van der Waals surface area contributed by atoms with Gasteiger partial charge in [0.15, 0.2) is 0 Å². The fourth-order valence-corrected chi connectivity index (χ4v) is 3.84. The molecular formula is C20H16OS. The van der Waals surface area contributed by atoms with Crippen LogP contribution < -0.4 is 0 Å². The van der Waals surface area contributed by atoms with Crippen molar-refractivity contribution in [2.45, 2.75) is 23.6 Å². The summed E-state index contributed by atoms with van der Waals surface area (Å²) in [5.41, 5.74) is 2.23. The minimum Gasteiger partial charge on any atom is -0.460 e. The highest BCUT2D eigenvalue weighted by molar-refractivity contribution is 7.99. The molecule has 0 N–H and O–H groups in total. The molecule has 0 bridgehead atoms. The van der Waals surface area contributed by atoms with E-state index in [0.29, 0.717) is 0 Å². The number of benzene rings is 3. The molecule has 1 nitrogen and oxygen atoms in total. The van der Waals surface area contributed by atoms with Gasteiger partial charge in [0.1, 0.15) is 11.3 Å². The Kier molecular flexibility index (Phi) is 3.20. The zero-order valence-electron chi connectivity index (χ0n) is 12.6. The number of furan rings is 1. The number of hydrogen-bond donors (Lipinski definition) is 0. The van der Waals surface area contributed by atoms with Gasteiger partial charge >= 0.3 is 0 Å². The van der Waals surface area contributed by atoms with E-state index >= 15 is 0 Å². The van der Waals surface area contributed by atoms with Gasteiger partial charge in [-0.05, 0) is 43.0 Å². The molecule has 4 aromatic rings. The van der Waals surface area contributed by atoms with Gasteiger partial charge in [-0.2, -0.15) is 0 Å². The lowest BCUT2D eigenvalue weighted by molar-refractivity contribution is 0.578. The van der Waals surface area contributed by atoms with Crippen molar-refractivity contribution in [3.63, 3.8) is 0 Å². The average molecular weight is 304 g/mol. The minimum atomic E-state index is 1.00. The quantitative estimate of drug-likeness (QED) is 0.428. The summed E-state index contributed by atoms with van der Waals surface area (Å²) in [5, 5.41) is 3.65. The third kappa shape index (κ3) is 2.11. The smallest absolute Gasteiger partial charge is 0.142 e. The molecule has 0 amide bonds. The SMILES string of the molecule is Cc1oc2c(cc(Sc3ccccc3)c3ccccc32)c1C. The third-order valence-corrected chi connectivity index (χ3v) is 5.18. The van der Waals surface area contributed by atoms with E-state index in [1.807, 2.05) is 18.7 Å². The van der Waals surface area contributed by atoms with Crippen molar-refractivity contribution >= 4 is 33.5 Å². The maximum absolute atomic E-state index is 6.01. The van der Waals surface area contributed by atoms with Crippen molar-refractivity contribution in [3.8, 4) is 0 Å². The first-order valence-electron chi connectivity index (χ1n) is 7.38. The first kappa shape index (κ1) is 13.5. The molecule has 3 aromatic carbocycles. The van der Waals surface area contributed by atoms with E-state index in [9.17, 15) is 0 Å². The molecule has 0 aliphatic heterocycles. The standard InChI is InChI=1S/C20H16OS/c1-13-14(2)21-20-17-11-7-6-10-16(17)19(12-18(13)20)22-15-8-4-3-5-9-15/h3-12H,1-2H3. The molecule has 0 radical (unpaired) electrons. The van der Waals surface area contributed by atoms with Gasteiger partial charge in [0.25, 0.3) is 0 Å². The normalized spacial score (nSPS) is 11.4. The Hall–Kier alpha value is -2.19. The largest absolute Gasteiger partial charge is 0.460 e. The highest BCUT2D eigenvalue weighted by atomic mass is 32.2. The molecular weight excluding hydrogens is 288 g/mol. The van der Waals surface area contributed by atoms with E-state index in [2.05, 4.69) is 67.6 Å². The summed E-state index contributed by atoms with van der Waals surface area (Å²) in [6.07, 6.45) is 0. The maximum atomic E-state index is 6.01. The molecule has 4 rings (SSSR count). The third-order valence-electron chi connectivity index (χ3n) is 4.12. The van der Waals surface area contributed by atoms with E-state index in [1.165, 1.54) is 31.5 Å². The number of aryl methyl sites for hydroxylation is 2. The van der Waals surface area contributed by atoms with Crippen molar-refractivity contribution < 1.29 is 4.42 Å². The summed E-state index contributed by atoms with van der Waals surface area (Å²) in [4.78, 5) is 2.53. The molecule has 0 aliphatic carbocycles. The van der Waals surface area contributed by atoms with Crippen molar-refractivity contribution in [2.75, 3.05) is 0 Å².